The van der Waals surface area contributed by atoms with Crippen molar-refractivity contribution in [1.82, 2.24) is 10.2 Å². The van der Waals surface area contributed by atoms with Gasteiger partial charge < -0.3 is 20.3 Å². The van der Waals surface area contributed by atoms with Crippen molar-refractivity contribution < 1.29 is 36.3 Å². The number of piperazine rings is 1. The molecule has 2 fully saturated rings. The summed E-state index contributed by atoms with van der Waals surface area (Å²) in [5.41, 5.74) is 0.151. The quantitative estimate of drug-likeness (QED) is 0.419. The topological polar surface area (TPSA) is 73.9 Å². The Kier molecular flexibility index (Phi) is 9.52. The van der Waals surface area contributed by atoms with E-state index in [9.17, 15) is 31.5 Å². The van der Waals surface area contributed by atoms with E-state index in [0.717, 1.165) is 12.5 Å². The summed E-state index contributed by atoms with van der Waals surface area (Å²) in [4.78, 5) is 28.7. The van der Waals surface area contributed by atoms with Crippen LogP contribution in [-0.4, -0.2) is 67.8 Å². The Balaban J connectivity index is 1.44. The fourth-order valence-electron chi connectivity index (χ4n) is 4.90. The van der Waals surface area contributed by atoms with Crippen LogP contribution in [0.1, 0.15) is 42.1 Å². The molecule has 40 heavy (non-hydrogen) atoms. The van der Waals surface area contributed by atoms with E-state index in [1.54, 1.807) is 11.0 Å². The number of ether oxygens (including phenoxy) is 1. The Hall–Kier alpha value is -2.96. The lowest BCUT2D eigenvalue weighted by molar-refractivity contribution is -0.138. The van der Waals surface area contributed by atoms with Crippen LogP contribution in [0.5, 0.6) is 0 Å². The molecule has 4 rings (SSSR count). The fourth-order valence-corrected chi connectivity index (χ4v) is 5.06. The second kappa shape index (κ2) is 12.7. The average Bonchev–Trinajstić information content (AvgIpc) is 3.44. The highest BCUT2D eigenvalue weighted by molar-refractivity contribution is 6.31. The van der Waals surface area contributed by atoms with Crippen molar-refractivity contribution in [1.29, 1.82) is 0 Å². The van der Waals surface area contributed by atoms with Gasteiger partial charge in [-0.2, -0.15) is 13.2 Å². The van der Waals surface area contributed by atoms with E-state index in [1.165, 1.54) is 18.2 Å². The average molecular weight is 589 g/mol. The van der Waals surface area contributed by atoms with Gasteiger partial charge in [-0.3, -0.25) is 14.5 Å². The molecule has 0 saturated carbocycles. The highest BCUT2D eigenvalue weighted by Crippen LogP contribution is 2.33. The Morgan fingerprint density at radius 3 is 2.58 bits per heavy atom. The highest BCUT2D eigenvalue weighted by atomic mass is 35.5. The van der Waals surface area contributed by atoms with E-state index in [4.69, 9.17) is 16.3 Å². The van der Waals surface area contributed by atoms with Crippen molar-refractivity contribution in [3.8, 4) is 0 Å². The lowest BCUT2D eigenvalue weighted by Crippen LogP contribution is -2.52. The molecule has 2 amide bonds. The summed E-state index contributed by atoms with van der Waals surface area (Å²) in [5, 5.41) is 5.50. The Morgan fingerprint density at radius 2 is 1.90 bits per heavy atom. The third-order valence-electron chi connectivity index (χ3n) is 7.02. The number of rotatable bonds is 8. The van der Waals surface area contributed by atoms with Crippen molar-refractivity contribution in [2.75, 3.05) is 43.0 Å². The van der Waals surface area contributed by atoms with E-state index < -0.39 is 47.7 Å². The van der Waals surface area contributed by atoms with E-state index >= 15 is 0 Å². The molecule has 0 bridgehead atoms. The van der Waals surface area contributed by atoms with Crippen LogP contribution in [0.4, 0.5) is 33.3 Å². The maximum Gasteiger partial charge on any atom is 0.390 e. The van der Waals surface area contributed by atoms with Crippen LogP contribution in [0.3, 0.4) is 0 Å². The van der Waals surface area contributed by atoms with Gasteiger partial charge in [-0.05, 0) is 44.0 Å². The summed E-state index contributed by atoms with van der Waals surface area (Å²) in [6.45, 7) is 3.04. The predicted molar refractivity (Wildman–Crippen MR) is 141 cm³/mol. The van der Waals surface area contributed by atoms with Crippen LogP contribution in [0, 0.1) is 11.6 Å². The number of nitrogens with zero attached hydrogens (tertiary/aromatic N) is 2. The zero-order valence-electron chi connectivity index (χ0n) is 21.8. The fraction of sp³-hybridized carbons (Fsp3) is 0.481. The summed E-state index contributed by atoms with van der Waals surface area (Å²) in [6, 6.07) is 6.82. The van der Waals surface area contributed by atoms with Crippen LogP contribution < -0.4 is 15.5 Å². The summed E-state index contributed by atoms with van der Waals surface area (Å²) >= 11 is 6.20. The molecule has 2 aromatic carbocycles. The van der Waals surface area contributed by atoms with Crippen LogP contribution in [-0.2, 0) is 16.1 Å². The molecule has 0 aromatic heterocycles. The Morgan fingerprint density at radius 1 is 1.12 bits per heavy atom. The van der Waals surface area contributed by atoms with Gasteiger partial charge in [0.25, 0.3) is 5.91 Å². The minimum absolute atomic E-state index is 0.111. The molecule has 13 heteroatoms. The first-order chi connectivity index (χ1) is 18.9. The number of carbonyl (C=O) groups is 2. The van der Waals surface area contributed by atoms with Gasteiger partial charge in [0.15, 0.2) is 11.6 Å². The minimum atomic E-state index is -4.24. The molecule has 2 aliphatic heterocycles. The number of alkyl halides is 3. The first kappa shape index (κ1) is 30.0. The number of hydrogen-bond donors (Lipinski definition) is 2. The molecule has 2 aromatic rings. The van der Waals surface area contributed by atoms with Gasteiger partial charge in [0, 0.05) is 56.0 Å². The van der Waals surface area contributed by atoms with Gasteiger partial charge >= 0.3 is 6.18 Å². The molecular weight excluding hydrogens is 559 g/mol. The lowest BCUT2D eigenvalue weighted by atomic mass is 10.1. The molecule has 0 spiro atoms. The maximum absolute atomic E-state index is 14.9. The molecule has 2 heterocycles. The lowest BCUT2D eigenvalue weighted by Gasteiger charge is -2.42. The van der Waals surface area contributed by atoms with Gasteiger partial charge in [0.05, 0.1) is 23.4 Å². The van der Waals surface area contributed by atoms with Crippen molar-refractivity contribution in [3.63, 3.8) is 0 Å². The Labute approximate surface area is 233 Å². The number of carbonyl (C=O) groups excluding carboxylic acids is 2. The van der Waals surface area contributed by atoms with Gasteiger partial charge in [0.1, 0.15) is 6.10 Å². The number of nitrogens with one attached hydrogen (secondary N) is 2. The van der Waals surface area contributed by atoms with Crippen molar-refractivity contribution in [2.45, 2.75) is 51.1 Å². The summed E-state index contributed by atoms with van der Waals surface area (Å²) in [5.74, 6) is -3.92. The first-order valence-electron chi connectivity index (χ1n) is 13.0. The van der Waals surface area contributed by atoms with Crippen LogP contribution >= 0.6 is 11.6 Å². The van der Waals surface area contributed by atoms with E-state index in [-0.39, 0.29) is 30.4 Å². The van der Waals surface area contributed by atoms with Crippen molar-refractivity contribution in [3.05, 3.63) is 58.1 Å². The molecule has 2 N–H and O–H groups in total. The SMILES string of the molecule is C[C@@H]1CN(CCC(F)(F)F)CCN1c1cc(Cl)ccc1NC(=O)c1ccc(CNC(=O)[C@@H]2CCCO2)c(F)c1F. The maximum atomic E-state index is 14.9. The highest BCUT2D eigenvalue weighted by Gasteiger charge is 2.31. The van der Waals surface area contributed by atoms with Gasteiger partial charge in [-0.25, -0.2) is 8.78 Å². The number of halogens is 6. The second-order valence-corrected chi connectivity index (χ2v) is 10.4. The number of anilines is 2. The second-order valence-electron chi connectivity index (χ2n) is 9.94. The monoisotopic (exact) mass is 588 g/mol. The molecule has 0 unspecified atom stereocenters. The third-order valence-corrected chi connectivity index (χ3v) is 7.26. The molecule has 7 nitrogen and oxygen atoms in total. The standard InChI is InChI=1S/C27H30ClF5N4O3/c1-16-15-36(9-8-27(31,32)33)10-11-37(16)21-13-18(28)5-7-20(21)35-25(38)19-6-4-17(23(29)24(19)30)14-34-26(39)22-3-2-12-40-22/h4-7,13,16,22H,2-3,8-12,14-15H2,1H3,(H,34,39)(H,35,38)/t16-,22+/m1/s1. The van der Waals surface area contributed by atoms with Gasteiger partial charge in [-0.1, -0.05) is 17.7 Å². The first-order valence-corrected chi connectivity index (χ1v) is 13.3. The van der Waals surface area contributed by atoms with Crippen molar-refractivity contribution >= 4 is 34.8 Å². The number of amides is 2. The smallest absolute Gasteiger partial charge is 0.368 e. The summed E-state index contributed by atoms with van der Waals surface area (Å²) < 4.78 is 72.9. The molecule has 2 saturated heterocycles. The molecule has 218 valence electrons. The van der Waals surface area contributed by atoms with Crippen LogP contribution in [0.2, 0.25) is 5.02 Å². The summed E-state index contributed by atoms with van der Waals surface area (Å²) in [6.07, 6.45) is -4.45. The predicted octanol–water partition coefficient (Wildman–Crippen LogP) is 5.13. The van der Waals surface area contributed by atoms with Crippen molar-refractivity contribution in [2.24, 2.45) is 0 Å². The zero-order chi connectivity index (χ0) is 29.0. The van der Waals surface area contributed by atoms with Gasteiger partial charge in [-0.15, -0.1) is 0 Å². The minimum Gasteiger partial charge on any atom is -0.368 e. The Bertz CT molecular complexity index is 1240. The third kappa shape index (κ3) is 7.41. The normalized spacial score (nSPS) is 20.0. The van der Waals surface area contributed by atoms with Gasteiger partial charge in [0.2, 0.25) is 5.91 Å². The number of hydrogen-bond acceptors (Lipinski definition) is 5. The molecule has 2 aliphatic rings. The summed E-state index contributed by atoms with van der Waals surface area (Å²) in [7, 11) is 0. The molecular formula is C27H30ClF5N4O3. The number of benzene rings is 2. The molecule has 0 aliphatic carbocycles. The van der Waals surface area contributed by atoms with E-state index in [1.807, 2.05) is 11.8 Å². The largest absolute Gasteiger partial charge is 0.390 e. The molecule has 0 radical (unpaired) electrons. The van der Waals surface area contributed by atoms with Crippen LogP contribution in [0.15, 0.2) is 30.3 Å². The van der Waals surface area contributed by atoms with E-state index in [0.29, 0.717) is 43.4 Å². The molecule has 2 atom stereocenters. The van der Waals surface area contributed by atoms with Crippen LogP contribution in [0.25, 0.3) is 0 Å². The zero-order valence-corrected chi connectivity index (χ0v) is 22.5. The van der Waals surface area contributed by atoms with E-state index in [2.05, 4.69) is 10.6 Å².